The second-order valence-corrected chi connectivity index (χ2v) is 6.81. The molecule has 2 aromatic rings. The largest absolute Gasteiger partial charge is 0.446 e. The minimum atomic E-state index is -4.43. The number of hydrogen-bond acceptors (Lipinski definition) is 4. The average Bonchev–Trinajstić information content (AvgIpc) is 3.18. The summed E-state index contributed by atoms with van der Waals surface area (Å²) in [6, 6.07) is 5.66. The summed E-state index contributed by atoms with van der Waals surface area (Å²) < 4.78 is 37.6. The molecule has 116 valence electrons. The summed E-state index contributed by atoms with van der Waals surface area (Å²) in [6.45, 7) is 0. The molecule has 3 rings (SSSR count). The van der Waals surface area contributed by atoms with E-state index in [9.17, 15) is 18.0 Å². The number of carbonyl (C=O) groups is 1. The fourth-order valence-corrected chi connectivity index (χ4v) is 3.40. The van der Waals surface area contributed by atoms with Gasteiger partial charge in [-0.2, -0.15) is 13.2 Å². The van der Waals surface area contributed by atoms with Crippen LogP contribution in [0.1, 0.15) is 34.8 Å². The maximum Gasteiger partial charge on any atom is 0.446 e. The number of alkyl halides is 3. The van der Waals surface area contributed by atoms with E-state index in [1.165, 1.54) is 35.6 Å². The third-order valence-electron chi connectivity index (χ3n) is 3.10. The fraction of sp³-hybridized carbons (Fsp3) is 0.286. The zero-order valence-electron chi connectivity index (χ0n) is 11.2. The number of amides is 1. The van der Waals surface area contributed by atoms with Gasteiger partial charge >= 0.3 is 5.51 Å². The van der Waals surface area contributed by atoms with Crippen molar-refractivity contribution >= 4 is 34.1 Å². The second kappa shape index (κ2) is 5.92. The van der Waals surface area contributed by atoms with Crippen LogP contribution in [0.25, 0.3) is 0 Å². The summed E-state index contributed by atoms with van der Waals surface area (Å²) in [6.07, 6.45) is 2.20. The van der Waals surface area contributed by atoms with Crippen LogP contribution in [0, 0.1) is 0 Å². The van der Waals surface area contributed by atoms with Crippen LogP contribution in [-0.4, -0.2) is 16.4 Å². The molecule has 0 unspecified atom stereocenters. The molecule has 0 aliphatic heterocycles. The molecule has 1 saturated carbocycles. The summed E-state index contributed by atoms with van der Waals surface area (Å²) in [7, 11) is 0. The van der Waals surface area contributed by atoms with Gasteiger partial charge in [0.05, 0.1) is 11.3 Å². The van der Waals surface area contributed by atoms with Crippen molar-refractivity contribution in [1.82, 2.24) is 4.98 Å². The molecular formula is C14H11F3N2OS2. The van der Waals surface area contributed by atoms with Gasteiger partial charge in [0.15, 0.2) is 5.13 Å². The van der Waals surface area contributed by atoms with E-state index in [1.54, 1.807) is 0 Å². The summed E-state index contributed by atoms with van der Waals surface area (Å²) in [5.74, 6) is -0.112. The monoisotopic (exact) mass is 344 g/mol. The van der Waals surface area contributed by atoms with E-state index in [1.807, 2.05) is 5.38 Å². The Bertz CT molecular complexity index is 695. The fourth-order valence-electron chi connectivity index (χ4n) is 1.94. The van der Waals surface area contributed by atoms with Gasteiger partial charge in [0.1, 0.15) is 0 Å². The van der Waals surface area contributed by atoms with Crippen LogP contribution >= 0.6 is 23.1 Å². The van der Waals surface area contributed by atoms with Gasteiger partial charge in [0, 0.05) is 16.2 Å². The van der Waals surface area contributed by atoms with E-state index in [4.69, 9.17) is 0 Å². The van der Waals surface area contributed by atoms with Crippen molar-refractivity contribution in [1.29, 1.82) is 0 Å². The predicted molar refractivity (Wildman–Crippen MR) is 80.4 cm³/mol. The van der Waals surface area contributed by atoms with Gasteiger partial charge in [-0.3, -0.25) is 10.1 Å². The molecule has 0 radical (unpaired) electrons. The van der Waals surface area contributed by atoms with E-state index in [2.05, 4.69) is 10.3 Å². The summed E-state index contributed by atoms with van der Waals surface area (Å²) in [5.41, 5.74) is -3.50. The van der Waals surface area contributed by atoms with Gasteiger partial charge in [0.2, 0.25) is 0 Å². The maximum absolute atomic E-state index is 12.5. The first-order chi connectivity index (χ1) is 10.4. The molecule has 1 heterocycles. The van der Waals surface area contributed by atoms with E-state index in [-0.39, 0.29) is 22.2 Å². The van der Waals surface area contributed by atoms with Crippen LogP contribution in [0.4, 0.5) is 18.3 Å². The lowest BCUT2D eigenvalue weighted by Gasteiger charge is -2.10. The number of thiazole rings is 1. The molecule has 0 bridgehead atoms. The topological polar surface area (TPSA) is 42.0 Å². The molecule has 0 atom stereocenters. The smallest absolute Gasteiger partial charge is 0.298 e. The molecule has 1 aliphatic carbocycles. The maximum atomic E-state index is 12.5. The van der Waals surface area contributed by atoms with E-state index in [0.29, 0.717) is 11.0 Å². The Morgan fingerprint density at radius 3 is 2.73 bits per heavy atom. The van der Waals surface area contributed by atoms with Crippen LogP contribution in [0.15, 0.2) is 34.5 Å². The van der Waals surface area contributed by atoms with Gasteiger partial charge in [0.25, 0.3) is 5.91 Å². The minimum Gasteiger partial charge on any atom is -0.298 e. The highest BCUT2D eigenvalue weighted by molar-refractivity contribution is 8.00. The van der Waals surface area contributed by atoms with Gasteiger partial charge in [-0.1, -0.05) is 12.1 Å². The zero-order valence-corrected chi connectivity index (χ0v) is 12.8. The molecule has 8 heteroatoms. The lowest BCUT2D eigenvalue weighted by atomic mass is 10.2. The van der Waals surface area contributed by atoms with Gasteiger partial charge in [-0.25, -0.2) is 4.98 Å². The van der Waals surface area contributed by atoms with Crippen LogP contribution in [0.2, 0.25) is 0 Å². The first kappa shape index (κ1) is 15.4. The molecular weight excluding hydrogens is 333 g/mol. The summed E-state index contributed by atoms with van der Waals surface area (Å²) in [5, 5.41) is 4.87. The molecule has 22 heavy (non-hydrogen) atoms. The SMILES string of the molecule is O=C(Nc1nc(C2CC2)cs1)c1ccccc1SC(F)(F)F. The van der Waals surface area contributed by atoms with Crippen molar-refractivity contribution in [2.24, 2.45) is 0 Å². The molecule has 0 spiro atoms. The van der Waals surface area contributed by atoms with E-state index < -0.39 is 11.4 Å². The molecule has 1 N–H and O–H groups in total. The second-order valence-electron chi connectivity index (χ2n) is 4.85. The number of nitrogens with zero attached hydrogens (tertiary/aromatic N) is 1. The number of rotatable bonds is 4. The number of hydrogen-bond donors (Lipinski definition) is 1. The number of nitrogens with one attached hydrogen (secondary N) is 1. The third kappa shape index (κ3) is 3.80. The lowest BCUT2D eigenvalue weighted by Crippen LogP contribution is -2.14. The first-order valence-electron chi connectivity index (χ1n) is 6.54. The zero-order chi connectivity index (χ0) is 15.7. The number of benzene rings is 1. The lowest BCUT2D eigenvalue weighted by molar-refractivity contribution is -0.0328. The molecule has 1 amide bonds. The highest BCUT2D eigenvalue weighted by Gasteiger charge is 2.31. The van der Waals surface area contributed by atoms with E-state index >= 15 is 0 Å². The van der Waals surface area contributed by atoms with Crippen molar-refractivity contribution in [3.05, 3.63) is 40.9 Å². The molecule has 1 fully saturated rings. The number of aromatic nitrogens is 1. The van der Waals surface area contributed by atoms with Crippen molar-refractivity contribution in [2.45, 2.75) is 29.2 Å². The Balaban J connectivity index is 1.76. The van der Waals surface area contributed by atoms with Crippen molar-refractivity contribution in [3.8, 4) is 0 Å². The average molecular weight is 344 g/mol. The number of halogens is 3. The minimum absolute atomic E-state index is 0.00648. The normalized spacial score (nSPS) is 14.9. The summed E-state index contributed by atoms with van der Waals surface area (Å²) in [4.78, 5) is 16.4. The number of anilines is 1. The summed E-state index contributed by atoms with van der Waals surface area (Å²) >= 11 is 0.996. The van der Waals surface area contributed by atoms with Crippen LogP contribution < -0.4 is 5.32 Å². The highest BCUT2D eigenvalue weighted by Crippen LogP contribution is 2.41. The van der Waals surface area contributed by atoms with Crippen molar-refractivity contribution < 1.29 is 18.0 Å². The van der Waals surface area contributed by atoms with Crippen molar-refractivity contribution in [2.75, 3.05) is 5.32 Å². The van der Waals surface area contributed by atoms with Gasteiger partial charge < -0.3 is 0 Å². The Hall–Kier alpha value is -1.54. The third-order valence-corrected chi connectivity index (χ3v) is 4.68. The van der Waals surface area contributed by atoms with Crippen LogP contribution in [0.3, 0.4) is 0 Å². The molecule has 1 aromatic carbocycles. The van der Waals surface area contributed by atoms with Crippen LogP contribution in [0.5, 0.6) is 0 Å². The van der Waals surface area contributed by atoms with Crippen molar-refractivity contribution in [3.63, 3.8) is 0 Å². The van der Waals surface area contributed by atoms with Gasteiger partial charge in [-0.05, 0) is 36.7 Å². The molecule has 1 aromatic heterocycles. The Morgan fingerprint density at radius 2 is 2.05 bits per heavy atom. The Morgan fingerprint density at radius 1 is 1.32 bits per heavy atom. The Labute approximate surface area is 132 Å². The van der Waals surface area contributed by atoms with E-state index in [0.717, 1.165) is 18.5 Å². The molecule has 0 saturated heterocycles. The first-order valence-corrected chi connectivity index (χ1v) is 8.23. The Kier molecular flexibility index (Phi) is 4.14. The quantitative estimate of drug-likeness (QED) is 0.804. The number of carbonyl (C=O) groups excluding carboxylic acids is 1. The molecule has 3 nitrogen and oxygen atoms in total. The van der Waals surface area contributed by atoms with Gasteiger partial charge in [-0.15, -0.1) is 11.3 Å². The standard InChI is InChI=1S/C14H11F3N2OS2/c15-14(16,17)22-11-4-2-1-3-9(11)12(20)19-13-18-10(7-21-13)8-5-6-8/h1-4,7-8H,5-6H2,(H,18,19,20). The number of thioether (sulfide) groups is 1. The molecule has 1 aliphatic rings. The van der Waals surface area contributed by atoms with Crippen LogP contribution in [-0.2, 0) is 0 Å². The highest BCUT2D eigenvalue weighted by atomic mass is 32.2. The predicted octanol–water partition coefficient (Wildman–Crippen LogP) is 4.88.